The third kappa shape index (κ3) is 7.31. The zero-order valence-electron chi connectivity index (χ0n) is 18.2. The highest BCUT2D eigenvalue weighted by Crippen LogP contribution is 2.40. The lowest BCUT2D eigenvalue weighted by atomic mass is 10.2. The third-order valence-corrected chi connectivity index (χ3v) is 10.6. The van der Waals surface area contributed by atoms with Gasteiger partial charge in [-0.25, -0.2) is 0 Å². The van der Waals surface area contributed by atoms with E-state index in [4.69, 9.17) is 31.6 Å². The van der Waals surface area contributed by atoms with Crippen molar-refractivity contribution in [3.8, 4) is 0 Å². The quantitative estimate of drug-likeness (QED) is 0.398. The maximum Gasteiger partial charge on any atom is 0.734 e. The van der Waals surface area contributed by atoms with Gasteiger partial charge in [0, 0.05) is 61.3 Å². The van der Waals surface area contributed by atoms with E-state index < -0.39 is 40.7 Å². The van der Waals surface area contributed by atoms with Crippen LogP contribution in [0.2, 0.25) is 6.04 Å². The molecule has 1 aliphatic rings. The predicted octanol–water partition coefficient (Wildman–Crippen LogP) is 1.77. The van der Waals surface area contributed by atoms with E-state index in [2.05, 4.69) is 6.58 Å². The lowest BCUT2D eigenvalue weighted by Crippen LogP contribution is -2.65. The average molecular weight is 453 g/mol. The molecule has 1 saturated heterocycles. The molecule has 1 heterocycles. The van der Waals surface area contributed by atoms with Crippen molar-refractivity contribution in [3.05, 3.63) is 12.3 Å². The summed E-state index contributed by atoms with van der Waals surface area (Å²) in [7, 11) is 0.601. The van der Waals surface area contributed by atoms with Gasteiger partial charge in [-0.2, -0.15) is 0 Å². The van der Waals surface area contributed by atoms with Gasteiger partial charge in [-0.05, 0) is 12.5 Å². The number of ether oxygens (including phenoxy) is 2. The molecule has 10 nitrogen and oxygen atoms in total. The molecule has 0 aliphatic carbocycles. The summed E-state index contributed by atoms with van der Waals surface area (Å²) in [5.74, 6) is -2.16. The van der Waals surface area contributed by atoms with Gasteiger partial charge >= 0.3 is 17.4 Å². The second-order valence-electron chi connectivity index (χ2n) is 6.12. The first-order chi connectivity index (χ1) is 13.5. The molecule has 0 aromatic heterocycles. The Hall–Kier alpha value is -1.58. The summed E-state index contributed by atoms with van der Waals surface area (Å²) in [5.41, 5.74) is 0.409. The van der Waals surface area contributed by atoms with Gasteiger partial charge < -0.3 is 31.6 Å². The maximum atomic E-state index is 10.8. The number of hydrogen-bond acceptors (Lipinski definition) is 10. The van der Waals surface area contributed by atoms with E-state index >= 15 is 0 Å². The maximum absolute atomic E-state index is 10.8. The van der Waals surface area contributed by atoms with E-state index in [9.17, 15) is 14.4 Å². The van der Waals surface area contributed by atoms with Crippen LogP contribution >= 0.6 is 0 Å². The molecule has 0 amide bonds. The summed E-state index contributed by atoms with van der Waals surface area (Å²) in [6.07, 6.45) is 3.08. The fourth-order valence-electron chi connectivity index (χ4n) is 3.08. The van der Waals surface area contributed by atoms with E-state index in [1.165, 1.54) is 0 Å². The number of hydrogen-bond donors (Lipinski definition) is 0. The van der Waals surface area contributed by atoms with Crippen molar-refractivity contribution in [2.75, 3.05) is 28.4 Å². The molecule has 0 spiro atoms. The molecule has 0 saturated carbocycles. The standard InChI is InChI=1S/C9H20O4Si.C8H12O6Si/c1-10-9(11-2)7-5-6-8-14(9,12-3)13-4;1-5-15(12-6(2)9,13-7(3)10)14-8(4)11/h5-8H2,1-4H3;5H,1H2,2-4H3. The molecule has 168 valence electrons. The lowest BCUT2D eigenvalue weighted by Gasteiger charge is -2.46. The van der Waals surface area contributed by atoms with Crippen molar-refractivity contribution in [3.63, 3.8) is 0 Å². The minimum absolute atomic E-state index is 0.630. The molecule has 1 aliphatic heterocycles. The summed E-state index contributed by atoms with van der Waals surface area (Å²) in [6, 6.07) is 0.932. The Labute approximate surface area is 174 Å². The second-order valence-corrected chi connectivity index (χ2v) is 11.9. The Morgan fingerprint density at radius 1 is 0.862 bits per heavy atom. The van der Waals surface area contributed by atoms with Gasteiger partial charge in [0.05, 0.1) is 0 Å². The molecule has 0 bridgehead atoms. The Balaban J connectivity index is 0.000000541. The van der Waals surface area contributed by atoms with E-state index in [0.717, 1.165) is 51.8 Å². The molecule has 0 aromatic carbocycles. The largest absolute Gasteiger partial charge is 0.734 e. The van der Waals surface area contributed by atoms with Gasteiger partial charge in [0.1, 0.15) is 0 Å². The molecular formula is C17H32O10Si2. The molecule has 0 radical (unpaired) electrons. The second kappa shape index (κ2) is 12.2. The van der Waals surface area contributed by atoms with Crippen LogP contribution in [0.1, 0.15) is 40.0 Å². The van der Waals surface area contributed by atoms with Crippen LogP contribution in [-0.2, 0) is 46.0 Å². The van der Waals surface area contributed by atoms with Crippen LogP contribution in [0, 0.1) is 0 Å². The fourth-order valence-corrected chi connectivity index (χ4v) is 8.13. The van der Waals surface area contributed by atoms with Crippen LogP contribution in [0.3, 0.4) is 0 Å². The van der Waals surface area contributed by atoms with Gasteiger partial charge in [-0.15, -0.1) is 0 Å². The molecule has 12 heteroatoms. The lowest BCUT2D eigenvalue weighted by molar-refractivity contribution is -0.183. The van der Waals surface area contributed by atoms with E-state index in [1.807, 2.05) is 0 Å². The number of carbonyl (C=O) groups excluding carboxylic acids is 3. The molecule has 0 N–H and O–H groups in total. The van der Waals surface area contributed by atoms with E-state index in [-0.39, 0.29) is 0 Å². The van der Waals surface area contributed by atoms with Crippen molar-refractivity contribution in [2.45, 2.75) is 51.5 Å². The molecule has 1 fully saturated rings. The van der Waals surface area contributed by atoms with Gasteiger partial charge in [0.2, 0.25) is 5.41 Å². The SMILES string of the molecule is C=C[Si](OC(C)=O)(OC(C)=O)OC(C)=O.COC1(OC)CCCC[Si]1(OC)OC. The Morgan fingerprint density at radius 3 is 1.52 bits per heavy atom. The van der Waals surface area contributed by atoms with Gasteiger partial charge in [0.15, 0.2) is 0 Å². The third-order valence-electron chi connectivity index (χ3n) is 4.27. The zero-order chi connectivity index (χ0) is 22.7. The first kappa shape index (κ1) is 27.4. The molecule has 0 atom stereocenters. The number of carbonyl (C=O) groups is 3. The molecule has 0 aromatic rings. The first-order valence-electron chi connectivity index (χ1n) is 8.94. The van der Waals surface area contributed by atoms with E-state index in [1.54, 1.807) is 28.4 Å². The molecule has 0 unspecified atom stereocenters. The summed E-state index contributed by atoms with van der Waals surface area (Å²) < 4.78 is 36.3. The summed E-state index contributed by atoms with van der Waals surface area (Å²) in [5, 5.41) is 0. The van der Waals surface area contributed by atoms with Gasteiger partial charge in [0.25, 0.3) is 17.9 Å². The van der Waals surface area contributed by atoms with Crippen molar-refractivity contribution in [1.29, 1.82) is 0 Å². The monoisotopic (exact) mass is 452 g/mol. The Morgan fingerprint density at radius 2 is 1.28 bits per heavy atom. The van der Waals surface area contributed by atoms with E-state index in [0.29, 0.717) is 0 Å². The fraction of sp³-hybridized carbons (Fsp3) is 0.706. The number of rotatable bonds is 8. The Kier molecular flexibility index (Phi) is 11.5. The topological polar surface area (TPSA) is 116 Å². The van der Waals surface area contributed by atoms with Crippen LogP contribution in [0.25, 0.3) is 0 Å². The molecule has 29 heavy (non-hydrogen) atoms. The van der Waals surface area contributed by atoms with Crippen LogP contribution in [0.4, 0.5) is 0 Å². The van der Waals surface area contributed by atoms with Crippen molar-refractivity contribution >= 4 is 35.3 Å². The average Bonchev–Trinajstić information content (AvgIpc) is 2.66. The highest BCUT2D eigenvalue weighted by atomic mass is 28.4. The Bertz CT molecular complexity index is 512. The summed E-state index contributed by atoms with van der Waals surface area (Å²) in [6.45, 7) is 6.65. The van der Waals surface area contributed by atoms with Crippen molar-refractivity contribution < 1.29 is 46.0 Å². The van der Waals surface area contributed by atoms with Crippen molar-refractivity contribution in [2.24, 2.45) is 0 Å². The molecular weight excluding hydrogens is 420 g/mol. The van der Waals surface area contributed by atoms with Crippen LogP contribution in [0.5, 0.6) is 0 Å². The molecule has 1 rings (SSSR count). The first-order valence-corrected chi connectivity index (χ1v) is 12.8. The minimum atomic E-state index is -3.74. The number of methoxy groups -OCH3 is 2. The van der Waals surface area contributed by atoms with Gasteiger partial charge in [-0.3, -0.25) is 14.4 Å². The highest BCUT2D eigenvalue weighted by molar-refractivity contribution is 6.70. The summed E-state index contributed by atoms with van der Waals surface area (Å²) in [4.78, 5) is 32.3. The highest BCUT2D eigenvalue weighted by Gasteiger charge is 2.60. The van der Waals surface area contributed by atoms with Gasteiger partial charge in [-0.1, -0.05) is 13.0 Å². The smallest absolute Gasteiger partial charge is 0.452 e. The van der Waals surface area contributed by atoms with Crippen LogP contribution in [0.15, 0.2) is 12.3 Å². The predicted molar refractivity (Wildman–Crippen MR) is 106 cm³/mol. The van der Waals surface area contributed by atoms with Crippen LogP contribution in [-0.4, -0.2) is 69.1 Å². The zero-order valence-corrected chi connectivity index (χ0v) is 20.2. The minimum Gasteiger partial charge on any atom is -0.452 e. The van der Waals surface area contributed by atoms with Crippen LogP contribution < -0.4 is 0 Å². The normalized spacial score (nSPS) is 17.2. The van der Waals surface area contributed by atoms with Crippen molar-refractivity contribution in [1.82, 2.24) is 0 Å². The summed E-state index contributed by atoms with van der Waals surface area (Å²) >= 11 is 0.